The van der Waals surface area contributed by atoms with E-state index in [-0.39, 0.29) is 17.4 Å². The highest BCUT2D eigenvalue weighted by atomic mass is 32.2. The highest BCUT2D eigenvalue weighted by molar-refractivity contribution is 8.00. The average Bonchev–Trinajstić information content (AvgIpc) is 2.82. The number of anilines is 1. The summed E-state index contributed by atoms with van der Waals surface area (Å²) in [6.07, 6.45) is 2.17. The molecule has 1 amide bonds. The molecule has 2 aromatic rings. The van der Waals surface area contributed by atoms with Gasteiger partial charge in [0.2, 0.25) is 5.91 Å². The molecule has 1 aromatic carbocycles. The molecule has 8 nitrogen and oxygen atoms in total. The number of rotatable bonds is 9. The van der Waals surface area contributed by atoms with Gasteiger partial charge < -0.3 is 15.3 Å². The van der Waals surface area contributed by atoms with Gasteiger partial charge >= 0.3 is 5.97 Å². The smallest absolute Gasteiger partial charge is 0.313 e. The number of aryl methyl sites for hydroxylation is 1. The summed E-state index contributed by atoms with van der Waals surface area (Å²) in [7, 11) is 4.07. The van der Waals surface area contributed by atoms with Gasteiger partial charge in [0.05, 0.1) is 17.2 Å². The maximum Gasteiger partial charge on any atom is 0.313 e. The molecule has 34 heavy (non-hydrogen) atoms. The van der Waals surface area contributed by atoms with Crippen LogP contribution in [0.3, 0.4) is 0 Å². The van der Waals surface area contributed by atoms with Crippen molar-refractivity contribution in [3.05, 3.63) is 41.9 Å². The minimum absolute atomic E-state index is 0.0487. The highest BCUT2D eigenvalue weighted by Gasteiger charge is 2.41. The Kier molecular flexibility index (Phi) is 7.73. The predicted octanol–water partition coefficient (Wildman–Crippen LogP) is 2.63. The molecule has 1 unspecified atom stereocenters. The molecule has 3 aliphatic rings. The van der Waals surface area contributed by atoms with E-state index in [1.54, 1.807) is 0 Å². The van der Waals surface area contributed by atoms with Gasteiger partial charge in [-0.3, -0.25) is 14.5 Å². The van der Waals surface area contributed by atoms with Gasteiger partial charge in [0.1, 0.15) is 5.82 Å². The molecule has 3 aliphatic heterocycles. The number of aromatic nitrogens is 2. The lowest BCUT2D eigenvalue weighted by atomic mass is 9.74. The van der Waals surface area contributed by atoms with Crippen LogP contribution in [-0.4, -0.2) is 83.1 Å². The molecule has 2 N–H and O–H groups in total. The lowest BCUT2D eigenvalue weighted by Crippen LogP contribution is -2.56. The molecule has 0 saturated carbocycles. The number of carbonyl (C=O) groups is 2. The van der Waals surface area contributed by atoms with Gasteiger partial charge in [0.15, 0.2) is 0 Å². The van der Waals surface area contributed by atoms with Crippen LogP contribution < -0.4 is 10.2 Å². The zero-order valence-corrected chi connectivity index (χ0v) is 20.8. The molecule has 9 heteroatoms. The van der Waals surface area contributed by atoms with E-state index < -0.39 is 5.97 Å². The van der Waals surface area contributed by atoms with Crippen molar-refractivity contribution < 1.29 is 14.7 Å². The summed E-state index contributed by atoms with van der Waals surface area (Å²) in [5.74, 6) is 0.842. The molecule has 3 fully saturated rings. The predicted molar refractivity (Wildman–Crippen MR) is 135 cm³/mol. The topological polar surface area (TPSA) is 98.7 Å². The minimum atomic E-state index is -0.895. The second-order valence-corrected chi connectivity index (χ2v) is 10.4. The number of thioether (sulfide) groups is 1. The number of aliphatic carboxylic acids is 1. The number of carbonyl (C=O) groups excluding carboxylic acids is 1. The van der Waals surface area contributed by atoms with Crippen LogP contribution in [-0.2, 0) is 9.59 Å². The zero-order valence-electron chi connectivity index (χ0n) is 20.0. The fourth-order valence-corrected chi connectivity index (χ4v) is 5.62. The highest BCUT2D eigenvalue weighted by Crippen LogP contribution is 2.41. The van der Waals surface area contributed by atoms with Crippen LogP contribution in [0, 0.1) is 12.8 Å². The molecule has 0 aliphatic carbocycles. The third-order valence-corrected chi connectivity index (χ3v) is 7.71. The van der Waals surface area contributed by atoms with Crippen LogP contribution in [0.5, 0.6) is 0 Å². The maximum atomic E-state index is 12.1. The van der Waals surface area contributed by atoms with Gasteiger partial charge in [-0.25, -0.2) is 9.97 Å². The van der Waals surface area contributed by atoms with E-state index in [2.05, 4.69) is 45.4 Å². The second kappa shape index (κ2) is 10.7. The molecule has 4 atom stereocenters. The van der Waals surface area contributed by atoms with Crippen molar-refractivity contribution in [2.45, 2.75) is 31.7 Å². The van der Waals surface area contributed by atoms with Gasteiger partial charge in [-0.05, 0) is 50.4 Å². The summed E-state index contributed by atoms with van der Waals surface area (Å²) in [5.41, 5.74) is 4.33. The first-order chi connectivity index (χ1) is 16.3. The summed E-state index contributed by atoms with van der Waals surface area (Å²) >= 11 is 1.13. The Hall–Kier alpha value is -2.65. The minimum Gasteiger partial charge on any atom is -0.481 e. The number of hydrogen-bond acceptors (Lipinski definition) is 7. The Bertz CT molecular complexity index is 1030. The van der Waals surface area contributed by atoms with E-state index in [1.165, 1.54) is 0 Å². The number of piperidine rings is 3. The maximum absolute atomic E-state index is 12.1. The van der Waals surface area contributed by atoms with Crippen molar-refractivity contribution in [2.75, 3.05) is 50.1 Å². The quantitative estimate of drug-likeness (QED) is 0.562. The summed E-state index contributed by atoms with van der Waals surface area (Å²) in [6.45, 7) is 4.55. The molecule has 4 heterocycles. The largest absolute Gasteiger partial charge is 0.481 e. The number of nitrogens with zero attached hydrogens (tertiary/aromatic N) is 4. The van der Waals surface area contributed by atoms with Gasteiger partial charge in [-0.2, -0.15) is 0 Å². The zero-order chi connectivity index (χ0) is 24.2. The van der Waals surface area contributed by atoms with E-state index >= 15 is 0 Å². The van der Waals surface area contributed by atoms with Crippen LogP contribution in [0.4, 0.5) is 5.69 Å². The van der Waals surface area contributed by atoms with Crippen molar-refractivity contribution in [2.24, 2.45) is 5.92 Å². The first-order valence-electron chi connectivity index (χ1n) is 11.7. The van der Waals surface area contributed by atoms with Crippen LogP contribution in [0.15, 0.2) is 30.3 Å². The fourth-order valence-electron chi connectivity index (χ4n) is 5.06. The molecule has 5 rings (SSSR count). The van der Waals surface area contributed by atoms with E-state index in [9.17, 15) is 9.59 Å². The van der Waals surface area contributed by atoms with E-state index in [4.69, 9.17) is 15.1 Å². The molecule has 2 bridgehead atoms. The SMILES string of the molecule is Cc1nc(-c2ccc(N(C)C)cc2)cc([C@@H]2CN3CC[C@H]2C[C@@H]3CNC(=O)CSCC(=O)O)n1. The van der Waals surface area contributed by atoms with Crippen molar-refractivity contribution in [1.29, 1.82) is 0 Å². The summed E-state index contributed by atoms with van der Waals surface area (Å²) < 4.78 is 0. The third kappa shape index (κ3) is 5.88. The molecule has 1 aromatic heterocycles. The standard InChI is InChI=1S/C25H33N5O3S/c1-16-27-22(17-4-6-19(7-5-17)29(2)3)11-23(28-16)21-13-30-9-8-18(21)10-20(30)12-26-24(31)14-34-15-25(32)33/h4-7,11,18,20-21H,8-10,12-15H2,1-3H3,(H,26,31)(H,32,33)/t18-,20+,21+/m0/s1. The number of fused-ring (bicyclic) bond motifs is 3. The summed E-state index contributed by atoms with van der Waals surface area (Å²) in [4.78, 5) is 36.8. The van der Waals surface area contributed by atoms with Crippen molar-refractivity contribution in [1.82, 2.24) is 20.2 Å². The number of amides is 1. The number of carboxylic acid groups (broad SMARTS) is 1. The monoisotopic (exact) mass is 483 g/mol. The second-order valence-electron chi connectivity index (χ2n) is 9.40. The molecule has 182 valence electrons. The van der Waals surface area contributed by atoms with Gasteiger partial charge in [-0.1, -0.05) is 12.1 Å². The number of carboxylic acids is 1. The van der Waals surface area contributed by atoms with Crippen LogP contribution in [0.1, 0.15) is 30.3 Å². The summed E-state index contributed by atoms with van der Waals surface area (Å²) in [5, 5.41) is 11.7. The molecule has 0 spiro atoms. The fraction of sp³-hybridized carbons (Fsp3) is 0.520. The Labute approximate surface area is 205 Å². The van der Waals surface area contributed by atoms with Gasteiger partial charge in [0, 0.05) is 56.1 Å². The number of nitrogens with one attached hydrogen (secondary N) is 1. The first-order valence-corrected chi connectivity index (χ1v) is 12.9. The van der Waals surface area contributed by atoms with Gasteiger partial charge in [0.25, 0.3) is 0 Å². The van der Waals surface area contributed by atoms with Crippen LogP contribution in [0.2, 0.25) is 0 Å². The van der Waals surface area contributed by atoms with Crippen LogP contribution in [0.25, 0.3) is 11.3 Å². The Morgan fingerprint density at radius 3 is 2.62 bits per heavy atom. The molecular formula is C25H33N5O3S. The first kappa shape index (κ1) is 24.5. The van der Waals surface area contributed by atoms with Crippen LogP contribution >= 0.6 is 11.8 Å². The average molecular weight is 484 g/mol. The normalized spacial score (nSPS) is 23.5. The molecule has 0 radical (unpaired) electrons. The molecular weight excluding hydrogens is 450 g/mol. The van der Waals surface area contributed by atoms with Crippen molar-refractivity contribution in [3.8, 4) is 11.3 Å². The summed E-state index contributed by atoms with van der Waals surface area (Å²) in [6, 6.07) is 10.9. The Morgan fingerprint density at radius 2 is 1.97 bits per heavy atom. The van der Waals surface area contributed by atoms with E-state index in [1.807, 2.05) is 21.0 Å². The molecule has 3 saturated heterocycles. The third-order valence-electron chi connectivity index (χ3n) is 6.79. The van der Waals surface area contributed by atoms with E-state index in [0.29, 0.717) is 24.4 Å². The lowest BCUT2D eigenvalue weighted by molar-refractivity contribution is -0.133. The van der Waals surface area contributed by atoms with Crippen molar-refractivity contribution in [3.63, 3.8) is 0 Å². The lowest BCUT2D eigenvalue weighted by Gasteiger charge is -2.49. The number of benzene rings is 1. The van der Waals surface area contributed by atoms with Crippen molar-refractivity contribution >= 4 is 29.3 Å². The van der Waals surface area contributed by atoms with Gasteiger partial charge in [-0.15, -0.1) is 11.8 Å². The Morgan fingerprint density at radius 1 is 1.21 bits per heavy atom. The number of hydrogen-bond donors (Lipinski definition) is 2. The van der Waals surface area contributed by atoms with E-state index in [0.717, 1.165) is 66.2 Å². The Balaban J connectivity index is 1.40.